The van der Waals surface area contributed by atoms with Gasteiger partial charge in [0, 0.05) is 0 Å². The van der Waals surface area contributed by atoms with Crippen LogP contribution in [0.25, 0.3) is 6.08 Å². The Morgan fingerprint density at radius 1 is 0.846 bits per heavy atom. The lowest BCUT2D eigenvalue weighted by Crippen LogP contribution is -2.22. The fourth-order valence-electron chi connectivity index (χ4n) is 2.65. The Kier molecular flexibility index (Phi) is 6.92. The maximum atomic E-state index is 10.7. The number of ether oxygens (including phenoxy) is 4. The molecule has 0 radical (unpaired) electrons. The van der Waals surface area contributed by atoms with Crippen LogP contribution in [0.5, 0.6) is 23.0 Å². The average Bonchev–Trinajstić information content (AvgIpc) is 2.67. The lowest BCUT2D eigenvalue weighted by Gasteiger charge is -2.23. The van der Waals surface area contributed by atoms with E-state index in [1.807, 2.05) is 37.3 Å². The second-order valence-corrected chi connectivity index (χ2v) is 5.79. The van der Waals surface area contributed by atoms with Crippen LogP contribution >= 0.6 is 0 Å². The second kappa shape index (κ2) is 9.15. The largest absolute Gasteiger partial charge is 0.493 e. The van der Waals surface area contributed by atoms with Gasteiger partial charge in [0.25, 0.3) is 0 Å². The number of benzene rings is 2. The Bertz CT molecular complexity index is 754. The number of hydrogen-bond donors (Lipinski definition) is 1. The topological polar surface area (TPSA) is 57.2 Å². The number of allylic oxidation sites excluding steroid dienone is 1. The third-order valence-corrected chi connectivity index (χ3v) is 4.05. The summed E-state index contributed by atoms with van der Waals surface area (Å²) in [7, 11) is 4.73. The fraction of sp³-hybridized carbons (Fsp3) is 0.333. The van der Waals surface area contributed by atoms with Crippen LogP contribution in [0, 0.1) is 0 Å². The van der Waals surface area contributed by atoms with Gasteiger partial charge in [0.05, 0.1) is 21.3 Å². The Balaban J connectivity index is 2.20. The Morgan fingerprint density at radius 3 is 2.08 bits per heavy atom. The molecule has 0 amide bonds. The Labute approximate surface area is 154 Å². The summed E-state index contributed by atoms with van der Waals surface area (Å²) in [6.45, 7) is 3.76. The maximum absolute atomic E-state index is 10.7. The van der Waals surface area contributed by atoms with Gasteiger partial charge in [0.1, 0.15) is 12.2 Å². The average molecular weight is 358 g/mol. The van der Waals surface area contributed by atoms with Gasteiger partial charge in [0.15, 0.2) is 23.0 Å². The summed E-state index contributed by atoms with van der Waals surface area (Å²) in [6, 6.07) is 11.0. The molecule has 0 aliphatic rings. The van der Waals surface area contributed by atoms with E-state index >= 15 is 0 Å². The van der Waals surface area contributed by atoms with E-state index in [1.54, 1.807) is 46.5 Å². The molecule has 0 bridgehead atoms. The molecule has 140 valence electrons. The SMILES string of the molecule is C/C=C/c1ccc(O[C@@H](C)[C@H](O)c2ccc(OC)c(OC)c2)c(OC)c1. The van der Waals surface area contributed by atoms with E-state index < -0.39 is 12.2 Å². The van der Waals surface area contributed by atoms with Crippen molar-refractivity contribution in [1.29, 1.82) is 0 Å². The first-order chi connectivity index (χ1) is 12.5. The number of rotatable bonds is 8. The Morgan fingerprint density at radius 2 is 1.46 bits per heavy atom. The highest BCUT2D eigenvalue weighted by molar-refractivity contribution is 5.55. The highest BCUT2D eigenvalue weighted by Gasteiger charge is 2.21. The summed E-state index contributed by atoms with van der Waals surface area (Å²) < 4.78 is 21.9. The minimum Gasteiger partial charge on any atom is -0.493 e. The first-order valence-corrected chi connectivity index (χ1v) is 8.41. The van der Waals surface area contributed by atoms with Gasteiger partial charge in [-0.3, -0.25) is 0 Å². The first-order valence-electron chi connectivity index (χ1n) is 8.41. The van der Waals surface area contributed by atoms with E-state index in [-0.39, 0.29) is 0 Å². The van der Waals surface area contributed by atoms with Crippen LogP contribution < -0.4 is 18.9 Å². The molecule has 0 heterocycles. The second-order valence-electron chi connectivity index (χ2n) is 5.79. The molecular formula is C21H26O5. The van der Waals surface area contributed by atoms with Gasteiger partial charge in [-0.25, -0.2) is 0 Å². The van der Waals surface area contributed by atoms with E-state index in [0.29, 0.717) is 28.6 Å². The summed E-state index contributed by atoms with van der Waals surface area (Å²) in [5.74, 6) is 2.36. The molecule has 26 heavy (non-hydrogen) atoms. The first kappa shape index (κ1) is 19.7. The number of hydrogen-bond acceptors (Lipinski definition) is 5. The van der Waals surface area contributed by atoms with E-state index in [1.165, 1.54) is 0 Å². The maximum Gasteiger partial charge on any atom is 0.161 e. The summed E-state index contributed by atoms with van der Waals surface area (Å²) in [5.41, 5.74) is 1.70. The van der Waals surface area contributed by atoms with Crippen molar-refractivity contribution in [2.45, 2.75) is 26.1 Å². The molecule has 2 aromatic rings. The lowest BCUT2D eigenvalue weighted by molar-refractivity contribution is 0.0450. The third kappa shape index (κ3) is 4.49. The van der Waals surface area contributed by atoms with E-state index in [4.69, 9.17) is 18.9 Å². The molecule has 0 saturated heterocycles. The van der Waals surface area contributed by atoms with E-state index in [9.17, 15) is 5.11 Å². The minimum absolute atomic E-state index is 0.491. The van der Waals surface area contributed by atoms with E-state index in [0.717, 1.165) is 5.56 Å². The predicted octanol–water partition coefficient (Wildman–Crippen LogP) is 4.25. The summed E-state index contributed by atoms with van der Waals surface area (Å²) in [4.78, 5) is 0. The molecule has 0 aliphatic carbocycles. The zero-order chi connectivity index (χ0) is 19.1. The quantitative estimate of drug-likeness (QED) is 0.765. The summed E-state index contributed by atoms with van der Waals surface area (Å²) >= 11 is 0. The van der Waals surface area contributed by atoms with Crippen LogP contribution in [0.15, 0.2) is 42.5 Å². The zero-order valence-corrected chi connectivity index (χ0v) is 15.9. The van der Waals surface area contributed by atoms with Crippen LogP contribution in [-0.2, 0) is 0 Å². The van der Waals surface area contributed by atoms with Crippen LogP contribution in [0.1, 0.15) is 31.1 Å². The van der Waals surface area contributed by atoms with Crippen molar-refractivity contribution in [1.82, 2.24) is 0 Å². The monoisotopic (exact) mass is 358 g/mol. The van der Waals surface area contributed by atoms with Crippen molar-refractivity contribution in [3.63, 3.8) is 0 Å². The molecule has 5 nitrogen and oxygen atoms in total. The van der Waals surface area contributed by atoms with Crippen molar-refractivity contribution >= 4 is 6.08 Å². The molecule has 2 atom stereocenters. The Hall–Kier alpha value is -2.66. The molecule has 0 unspecified atom stereocenters. The van der Waals surface area contributed by atoms with Gasteiger partial charge in [-0.15, -0.1) is 0 Å². The van der Waals surface area contributed by atoms with Gasteiger partial charge >= 0.3 is 0 Å². The lowest BCUT2D eigenvalue weighted by atomic mass is 10.0. The summed E-state index contributed by atoms with van der Waals surface area (Å²) in [6.07, 6.45) is 2.61. The highest BCUT2D eigenvalue weighted by Crippen LogP contribution is 2.34. The van der Waals surface area contributed by atoms with Crippen molar-refractivity contribution in [2.75, 3.05) is 21.3 Å². The fourth-order valence-corrected chi connectivity index (χ4v) is 2.65. The highest BCUT2D eigenvalue weighted by atomic mass is 16.5. The molecule has 0 aliphatic heterocycles. The number of aliphatic hydroxyl groups excluding tert-OH is 1. The molecule has 0 spiro atoms. The molecule has 0 aromatic heterocycles. The molecule has 5 heteroatoms. The van der Waals surface area contributed by atoms with Crippen molar-refractivity contribution in [2.24, 2.45) is 0 Å². The van der Waals surface area contributed by atoms with Crippen LogP contribution in [0.4, 0.5) is 0 Å². The van der Waals surface area contributed by atoms with Crippen LogP contribution in [0.2, 0.25) is 0 Å². The van der Waals surface area contributed by atoms with E-state index in [2.05, 4.69) is 0 Å². The zero-order valence-electron chi connectivity index (χ0n) is 15.9. The van der Waals surface area contributed by atoms with Crippen molar-refractivity contribution < 1.29 is 24.1 Å². The molecule has 0 saturated carbocycles. The van der Waals surface area contributed by atoms with Gasteiger partial charge in [-0.1, -0.05) is 24.3 Å². The van der Waals surface area contributed by atoms with Gasteiger partial charge in [-0.05, 0) is 49.2 Å². The van der Waals surface area contributed by atoms with Crippen LogP contribution in [-0.4, -0.2) is 32.5 Å². The summed E-state index contributed by atoms with van der Waals surface area (Å²) in [5, 5.41) is 10.7. The van der Waals surface area contributed by atoms with Gasteiger partial charge in [-0.2, -0.15) is 0 Å². The van der Waals surface area contributed by atoms with Gasteiger partial charge in [0.2, 0.25) is 0 Å². The molecule has 0 fully saturated rings. The third-order valence-electron chi connectivity index (χ3n) is 4.05. The van der Waals surface area contributed by atoms with Crippen LogP contribution in [0.3, 0.4) is 0 Å². The van der Waals surface area contributed by atoms with Crippen molar-refractivity contribution in [3.05, 3.63) is 53.6 Å². The molecule has 2 aromatic carbocycles. The molecule has 1 N–H and O–H groups in total. The predicted molar refractivity (Wildman–Crippen MR) is 102 cm³/mol. The van der Waals surface area contributed by atoms with Crippen molar-refractivity contribution in [3.8, 4) is 23.0 Å². The number of methoxy groups -OCH3 is 3. The van der Waals surface area contributed by atoms with Gasteiger partial charge < -0.3 is 24.1 Å². The molecule has 2 rings (SSSR count). The molecular weight excluding hydrogens is 332 g/mol. The minimum atomic E-state index is -0.838. The standard InChI is InChI=1S/C21H26O5/c1-6-7-15-8-10-18(19(12-15)24-4)26-14(2)21(22)16-9-11-17(23-3)20(13-16)25-5/h6-14,21-22H,1-5H3/b7-6+/t14-,21-/m0/s1. The smallest absolute Gasteiger partial charge is 0.161 e. The normalized spacial score (nSPS) is 13.3. The number of aliphatic hydroxyl groups is 1.